The number of nitrogens with one attached hydrogen (secondary N) is 1. The highest BCUT2D eigenvalue weighted by Gasteiger charge is 2.21. The van der Waals surface area contributed by atoms with Crippen LogP contribution in [0.1, 0.15) is 20.3 Å². The average molecular weight is 352 g/mol. The van der Waals surface area contributed by atoms with Gasteiger partial charge in [0.2, 0.25) is 0 Å². The first kappa shape index (κ1) is 20.4. The molecule has 1 amide bonds. The Morgan fingerprint density at radius 1 is 1.50 bits per heavy atom. The van der Waals surface area contributed by atoms with Crippen LogP contribution in [0.15, 0.2) is 18.2 Å². The molecule has 1 aromatic rings. The molecule has 0 fully saturated rings. The molecule has 22 heavy (non-hydrogen) atoms. The van der Waals surface area contributed by atoms with Crippen LogP contribution in [0.5, 0.6) is 5.75 Å². The molecule has 0 aromatic heterocycles. The van der Waals surface area contributed by atoms with E-state index in [1.807, 2.05) is 6.92 Å². The number of benzene rings is 1. The predicted molar refractivity (Wildman–Crippen MR) is 86.7 cm³/mol. The second-order valence-electron chi connectivity index (χ2n) is 4.69. The second-order valence-corrected chi connectivity index (χ2v) is 5.12. The molecule has 9 heteroatoms. The number of nitro benzene ring substituents is 1. The van der Waals surface area contributed by atoms with Crippen molar-refractivity contribution in [3.8, 4) is 5.75 Å². The van der Waals surface area contributed by atoms with Crippen LogP contribution in [-0.2, 0) is 4.79 Å². The van der Waals surface area contributed by atoms with Crippen molar-refractivity contribution >= 4 is 35.6 Å². The number of nitrogens with zero attached hydrogens (tertiary/aromatic N) is 1. The number of hydrogen-bond donors (Lipinski definition) is 2. The van der Waals surface area contributed by atoms with Crippen LogP contribution in [0.3, 0.4) is 0 Å². The maximum Gasteiger partial charge on any atom is 0.312 e. The standard InChI is InChI=1S/C13H18ClN3O4.ClH/c1-8(15)5-6-16-13(18)9(2)21-12-4-3-10(14)7-11(12)17(19)20;/h3-4,7-9H,5-6,15H2,1-2H3,(H,16,18);1H. The molecule has 0 spiro atoms. The summed E-state index contributed by atoms with van der Waals surface area (Å²) in [5, 5.41) is 13.8. The number of nitrogens with two attached hydrogens (primary N) is 1. The highest BCUT2D eigenvalue weighted by atomic mass is 35.5. The van der Waals surface area contributed by atoms with E-state index in [-0.39, 0.29) is 40.8 Å². The van der Waals surface area contributed by atoms with Crippen molar-refractivity contribution in [1.29, 1.82) is 0 Å². The summed E-state index contributed by atoms with van der Waals surface area (Å²) < 4.78 is 5.34. The van der Waals surface area contributed by atoms with Crippen LogP contribution in [0.4, 0.5) is 5.69 Å². The zero-order valence-corrected chi connectivity index (χ0v) is 13.8. The summed E-state index contributed by atoms with van der Waals surface area (Å²) in [4.78, 5) is 22.1. The number of ether oxygens (including phenoxy) is 1. The van der Waals surface area contributed by atoms with Crippen LogP contribution >= 0.6 is 24.0 Å². The van der Waals surface area contributed by atoms with Gasteiger partial charge in [-0.3, -0.25) is 14.9 Å². The topological polar surface area (TPSA) is 107 Å². The van der Waals surface area contributed by atoms with E-state index in [9.17, 15) is 14.9 Å². The first-order valence-corrected chi connectivity index (χ1v) is 6.83. The quantitative estimate of drug-likeness (QED) is 0.578. The predicted octanol–water partition coefficient (Wildman–Crippen LogP) is 2.29. The van der Waals surface area contributed by atoms with Gasteiger partial charge in [0.1, 0.15) is 0 Å². The fourth-order valence-electron chi connectivity index (χ4n) is 1.54. The highest BCUT2D eigenvalue weighted by Crippen LogP contribution is 2.30. The van der Waals surface area contributed by atoms with Crippen LogP contribution in [0.2, 0.25) is 5.02 Å². The Balaban J connectivity index is 0.00000441. The van der Waals surface area contributed by atoms with Gasteiger partial charge in [0.05, 0.1) is 4.92 Å². The SMILES string of the molecule is CC(N)CCNC(=O)C(C)Oc1ccc(Cl)cc1[N+](=O)[O-].Cl. The van der Waals surface area contributed by atoms with Crippen molar-refractivity contribution in [3.05, 3.63) is 33.3 Å². The molecule has 0 aliphatic heterocycles. The van der Waals surface area contributed by atoms with Crippen molar-refractivity contribution in [1.82, 2.24) is 5.32 Å². The lowest BCUT2D eigenvalue weighted by Crippen LogP contribution is -2.38. The van der Waals surface area contributed by atoms with Gasteiger partial charge in [-0.15, -0.1) is 12.4 Å². The van der Waals surface area contributed by atoms with Gasteiger partial charge < -0.3 is 15.8 Å². The summed E-state index contributed by atoms with van der Waals surface area (Å²) in [5.41, 5.74) is 5.30. The van der Waals surface area contributed by atoms with Crippen molar-refractivity contribution in [2.75, 3.05) is 6.54 Å². The fourth-order valence-corrected chi connectivity index (χ4v) is 1.71. The minimum atomic E-state index is -0.863. The Bertz CT molecular complexity index is 526. The molecule has 0 saturated carbocycles. The van der Waals surface area contributed by atoms with Crippen molar-refractivity contribution in [2.45, 2.75) is 32.4 Å². The first-order valence-electron chi connectivity index (χ1n) is 6.45. The zero-order chi connectivity index (χ0) is 16.0. The molecule has 0 aliphatic carbocycles. The first-order chi connectivity index (χ1) is 9.81. The van der Waals surface area contributed by atoms with Crippen LogP contribution in [0.25, 0.3) is 0 Å². The summed E-state index contributed by atoms with van der Waals surface area (Å²) in [6.45, 7) is 3.77. The lowest BCUT2D eigenvalue weighted by Gasteiger charge is -2.15. The van der Waals surface area contributed by atoms with Gasteiger partial charge in [0.25, 0.3) is 5.91 Å². The molecule has 7 nitrogen and oxygen atoms in total. The third kappa shape index (κ3) is 6.46. The van der Waals surface area contributed by atoms with Gasteiger partial charge in [-0.2, -0.15) is 0 Å². The van der Waals surface area contributed by atoms with Gasteiger partial charge in [-0.05, 0) is 32.4 Å². The average Bonchev–Trinajstić information content (AvgIpc) is 2.39. The molecular formula is C13H19Cl2N3O4. The summed E-state index contributed by atoms with van der Waals surface area (Å²) in [6.07, 6.45) is -0.225. The van der Waals surface area contributed by atoms with Gasteiger partial charge >= 0.3 is 5.69 Å². The zero-order valence-electron chi connectivity index (χ0n) is 12.2. The van der Waals surface area contributed by atoms with E-state index < -0.39 is 11.0 Å². The molecule has 2 unspecified atom stereocenters. The minimum absolute atomic E-state index is 0. The number of carbonyl (C=O) groups is 1. The maximum absolute atomic E-state index is 11.8. The maximum atomic E-state index is 11.8. The van der Waals surface area contributed by atoms with E-state index in [0.29, 0.717) is 13.0 Å². The lowest BCUT2D eigenvalue weighted by atomic mass is 10.2. The lowest BCUT2D eigenvalue weighted by molar-refractivity contribution is -0.386. The monoisotopic (exact) mass is 351 g/mol. The third-order valence-corrected chi connectivity index (χ3v) is 2.92. The molecule has 2 atom stereocenters. The summed E-state index contributed by atoms with van der Waals surface area (Å²) >= 11 is 5.71. The van der Waals surface area contributed by atoms with E-state index in [4.69, 9.17) is 22.1 Å². The normalized spacial score (nSPS) is 12.7. The van der Waals surface area contributed by atoms with E-state index >= 15 is 0 Å². The van der Waals surface area contributed by atoms with Crippen LogP contribution in [-0.4, -0.2) is 29.5 Å². The molecule has 124 valence electrons. The van der Waals surface area contributed by atoms with Gasteiger partial charge in [-0.25, -0.2) is 0 Å². The third-order valence-electron chi connectivity index (χ3n) is 2.69. The smallest absolute Gasteiger partial charge is 0.312 e. The minimum Gasteiger partial charge on any atom is -0.474 e. The molecule has 0 saturated heterocycles. The van der Waals surface area contributed by atoms with E-state index in [2.05, 4.69) is 5.32 Å². The number of hydrogen-bond acceptors (Lipinski definition) is 5. The Morgan fingerprint density at radius 2 is 2.14 bits per heavy atom. The number of carbonyl (C=O) groups excluding carboxylic acids is 1. The van der Waals surface area contributed by atoms with Crippen molar-refractivity contribution < 1.29 is 14.5 Å². The number of amides is 1. The molecule has 0 radical (unpaired) electrons. The van der Waals surface area contributed by atoms with E-state index in [1.165, 1.54) is 25.1 Å². The van der Waals surface area contributed by atoms with Crippen molar-refractivity contribution in [3.63, 3.8) is 0 Å². The van der Waals surface area contributed by atoms with Crippen molar-refractivity contribution in [2.24, 2.45) is 5.73 Å². The molecule has 1 aromatic carbocycles. The highest BCUT2D eigenvalue weighted by molar-refractivity contribution is 6.30. The number of rotatable bonds is 7. The molecule has 0 heterocycles. The van der Waals surface area contributed by atoms with Crippen LogP contribution < -0.4 is 15.8 Å². The van der Waals surface area contributed by atoms with Gasteiger partial charge in [-0.1, -0.05) is 11.6 Å². The molecule has 0 bridgehead atoms. The summed E-state index contributed by atoms with van der Waals surface area (Å²) in [6, 6.07) is 3.99. The number of halogens is 2. The summed E-state index contributed by atoms with van der Waals surface area (Å²) in [7, 11) is 0. The van der Waals surface area contributed by atoms with E-state index in [1.54, 1.807) is 0 Å². The fraction of sp³-hybridized carbons (Fsp3) is 0.462. The van der Waals surface area contributed by atoms with E-state index in [0.717, 1.165) is 0 Å². The number of nitro groups is 1. The van der Waals surface area contributed by atoms with Crippen LogP contribution in [0, 0.1) is 10.1 Å². The molecule has 0 aliphatic rings. The molecule has 3 N–H and O–H groups in total. The second kappa shape index (κ2) is 9.45. The Morgan fingerprint density at radius 3 is 2.68 bits per heavy atom. The Hall–Kier alpha value is -1.57. The summed E-state index contributed by atoms with van der Waals surface area (Å²) in [5.74, 6) is -0.362. The Kier molecular flexibility index (Phi) is 8.77. The largest absolute Gasteiger partial charge is 0.474 e. The van der Waals surface area contributed by atoms with Gasteiger partial charge in [0.15, 0.2) is 11.9 Å². The molecular weight excluding hydrogens is 333 g/mol. The Labute approximate surface area is 139 Å². The van der Waals surface area contributed by atoms with Gasteiger partial charge in [0, 0.05) is 23.7 Å². The molecule has 1 rings (SSSR count).